The van der Waals surface area contributed by atoms with E-state index in [1.54, 1.807) is 0 Å². The molecular weight excluding hydrogens is 310 g/mol. The molecule has 1 saturated carbocycles. The summed E-state index contributed by atoms with van der Waals surface area (Å²) in [6.07, 6.45) is 2.07. The van der Waals surface area contributed by atoms with E-state index >= 15 is 0 Å². The van der Waals surface area contributed by atoms with Crippen molar-refractivity contribution in [2.45, 2.75) is 56.5 Å². The lowest BCUT2D eigenvalue weighted by atomic mass is 9.74. The first-order valence-electron chi connectivity index (χ1n) is 7.65. The van der Waals surface area contributed by atoms with E-state index in [4.69, 9.17) is 0 Å². The third kappa shape index (κ3) is 2.54. The molecule has 1 N–H and O–H groups in total. The quantitative estimate of drug-likeness (QED) is 0.927. The van der Waals surface area contributed by atoms with E-state index in [2.05, 4.69) is 4.98 Å². The predicted octanol–water partition coefficient (Wildman–Crippen LogP) is 2.71. The molecule has 0 spiro atoms. The molecule has 1 aliphatic carbocycles. The maximum atomic E-state index is 14.3. The minimum absolute atomic E-state index is 0.00527. The average Bonchev–Trinajstić information content (AvgIpc) is 2.90. The van der Waals surface area contributed by atoms with Gasteiger partial charge in [0.05, 0.1) is 5.01 Å². The number of aromatic nitrogens is 1. The number of nitrogens with zero attached hydrogens (tertiary/aromatic N) is 2. The van der Waals surface area contributed by atoms with Gasteiger partial charge in [0.15, 0.2) is 0 Å². The van der Waals surface area contributed by atoms with Gasteiger partial charge in [-0.15, -0.1) is 11.3 Å². The highest BCUT2D eigenvalue weighted by Crippen LogP contribution is 2.45. The molecular formula is C15H20F2N2O2S. The van der Waals surface area contributed by atoms with Gasteiger partial charge >= 0.3 is 5.92 Å². The molecule has 0 bridgehead atoms. The molecule has 1 aromatic rings. The van der Waals surface area contributed by atoms with Crippen molar-refractivity contribution in [3.05, 3.63) is 16.1 Å². The minimum atomic E-state index is -3.69. The van der Waals surface area contributed by atoms with Crippen LogP contribution >= 0.6 is 11.3 Å². The van der Waals surface area contributed by atoms with Crippen molar-refractivity contribution in [2.75, 3.05) is 13.1 Å². The summed E-state index contributed by atoms with van der Waals surface area (Å²) in [5.74, 6) is -4.90. The maximum Gasteiger partial charge on any atom is 0.352 e. The first-order chi connectivity index (χ1) is 10.3. The predicted molar refractivity (Wildman–Crippen MR) is 79.2 cm³/mol. The summed E-state index contributed by atoms with van der Waals surface area (Å²) in [4.78, 5) is 17.9. The number of carbonyl (C=O) groups excluding carboxylic acids is 1. The van der Waals surface area contributed by atoms with Crippen molar-refractivity contribution < 1.29 is 18.7 Å². The van der Waals surface area contributed by atoms with Gasteiger partial charge in [-0.3, -0.25) is 4.79 Å². The van der Waals surface area contributed by atoms with Crippen molar-refractivity contribution in [3.8, 4) is 0 Å². The fraction of sp³-hybridized carbons (Fsp3) is 0.733. The number of aliphatic hydroxyl groups is 1. The molecule has 3 rings (SSSR count). The highest BCUT2D eigenvalue weighted by Gasteiger charge is 2.62. The maximum absolute atomic E-state index is 14.3. The zero-order valence-corrected chi connectivity index (χ0v) is 13.3. The van der Waals surface area contributed by atoms with Crippen molar-refractivity contribution in [1.82, 2.24) is 9.88 Å². The minimum Gasteiger partial charge on any atom is -0.383 e. The van der Waals surface area contributed by atoms with Gasteiger partial charge in [0, 0.05) is 30.1 Å². The van der Waals surface area contributed by atoms with Gasteiger partial charge in [-0.25, -0.2) is 4.98 Å². The molecule has 2 fully saturated rings. The largest absolute Gasteiger partial charge is 0.383 e. The van der Waals surface area contributed by atoms with Gasteiger partial charge in [0.1, 0.15) is 5.60 Å². The van der Waals surface area contributed by atoms with Gasteiger partial charge in [0.25, 0.3) is 5.91 Å². The van der Waals surface area contributed by atoms with E-state index in [9.17, 15) is 18.7 Å². The first kappa shape index (κ1) is 15.8. The van der Waals surface area contributed by atoms with E-state index in [1.165, 1.54) is 16.2 Å². The molecule has 122 valence electrons. The lowest BCUT2D eigenvalue weighted by molar-refractivity contribution is -0.224. The average molecular weight is 330 g/mol. The van der Waals surface area contributed by atoms with Gasteiger partial charge in [-0.05, 0) is 39.0 Å². The Labute approximate surface area is 132 Å². The highest BCUT2D eigenvalue weighted by molar-refractivity contribution is 7.09. The Morgan fingerprint density at radius 2 is 2.23 bits per heavy atom. The normalized spacial score (nSPS) is 24.9. The number of carbonyl (C=O) groups is 1. The number of amides is 1. The number of hydrogen-bond donors (Lipinski definition) is 1. The summed E-state index contributed by atoms with van der Waals surface area (Å²) in [6.45, 7) is 2.48. The van der Waals surface area contributed by atoms with E-state index < -0.39 is 17.4 Å². The Morgan fingerprint density at radius 3 is 2.77 bits per heavy atom. The molecule has 1 aliphatic heterocycles. The SMILES string of the molecule is Cc1csc(C2CCCN(C(=O)C(F)(F)C3(O)CCC3)C2)n1. The Morgan fingerprint density at radius 1 is 1.50 bits per heavy atom. The van der Waals surface area contributed by atoms with Crippen LogP contribution in [0.15, 0.2) is 5.38 Å². The number of hydrogen-bond acceptors (Lipinski definition) is 4. The standard InChI is InChI=1S/C15H20F2N2O2S/c1-10-9-22-12(18-10)11-4-2-7-19(8-11)13(20)15(16,17)14(21)5-3-6-14/h9,11,21H,2-8H2,1H3. The van der Waals surface area contributed by atoms with Crippen LogP contribution in [0.3, 0.4) is 0 Å². The zero-order valence-electron chi connectivity index (χ0n) is 12.5. The molecule has 1 amide bonds. The Kier molecular flexibility index (Phi) is 3.97. The summed E-state index contributed by atoms with van der Waals surface area (Å²) < 4.78 is 28.6. The van der Waals surface area contributed by atoms with E-state index in [1.807, 2.05) is 12.3 Å². The monoisotopic (exact) mass is 330 g/mol. The number of piperidine rings is 1. The lowest BCUT2D eigenvalue weighted by Gasteiger charge is -2.44. The highest BCUT2D eigenvalue weighted by atomic mass is 32.1. The first-order valence-corrected chi connectivity index (χ1v) is 8.53. The van der Waals surface area contributed by atoms with Crippen LogP contribution in [0.2, 0.25) is 0 Å². The number of halogens is 2. The van der Waals surface area contributed by atoms with Crippen LogP contribution in [0.25, 0.3) is 0 Å². The van der Waals surface area contributed by atoms with Crippen LogP contribution in [0, 0.1) is 6.92 Å². The molecule has 0 aromatic carbocycles. The molecule has 1 aromatic heterocycles. The summed E-state index contributed by atoms with van der Waals surface area (Å²) in [5.41, 5.74) is -1.23. The van der Waals surface area contributed by atoms with Gasteiger partial charge in [-0.2, -0.15) is 8.78 Å². The van der Waals surface area contributed by atoms with Gasteiger partial charge in [0.2, 0.25) is 0 Å². The van der Waals surface area contributed by atoms with Crippen LogP contribution in [-0.2, 0) is 4.79 Å². The third-order valence-electron chi connectivity index (χ3n) is 4.73. The van der Waals surface area contributed by atoms with Crippen LogP contribution < -0.4 is 0 Å². The van der Waals surface area contributed by atoms with Crippen LogP contribution in [0.1, 0.15) is 48.7 Å². The molecule has 1 unspecified atom stereocenters. The van der Waals surface area contributed by atoms with Gasteiger partial charge in [-0.1, -0.05) is 0 Å². The number of thiazole rings is 1. The molecule has 1 saturated heterocycles. The molecule has 2 heterocycles. The third-order valence-corrected chi connectivity index (χ3v) is 5.85. The second kappa shape index (κ2) is 5.53. The van der Waals surface area contributed by atoms with Crippen molar-refractivity contribution in [2.24, 2.45) is 0 Å². The van der Waals surface area contributed by atoms with Gasteiger partial charge < -0.3 is 10.0 Å². The molecule has 7 heteroatoms. The Bertz CT molecular complexity index is 572. The summed E-state index contributed by atoms with van der Waals surface area (Å²) >= 11 is 1.51. The number of rotatable bonds is 3. The second-order valence-corrected chi connectivity index (χ2v) is 7.27. The van der Waals surface area contributed by atoms with Crippen molar-refractivity contribution in [1.29, 1.82) is 0 Å². The Balaban J connectivity index is 1.73. The summed E-state index contributed by atoms with van der Waals surface area (Å²) in [6, 6.07) is 0. The van der Waals surface area contributed by atoms with Crippen molar-refractivity contribution >= 4 is 17.2 Å². The summed E-state index contributed by atoms with van der Waals surface area (Å²) in [5, 5.41) is 12.8. The van der Waals surface area contributed by atoms with Crippen LogP contribution in [0.4, 0.5) is 8.78 Å². The van der Waals surface area contributed by atoms with Crippen LogP contribution in [-0.4, -0.2) is 45.5 Å². The smallest absolute Gasteiger partial charge is 0.352 e. The molecule has 4 nitrogen and oxygen atoms in total. The van der Waals surface area contributed by atoms with Crippen molar-refractivity contribution in [3.63, 3.8) is 0 Å². The topological polar surface area (TPSA) is 53.4 Å². The zero-order chi connectivity index (χ0) is 16.0. The van der Waals surface area contributed by atoms with E-state index in [-0.39, 0.29) is 25.3 Å². The molecule has 2 aliphatic rings. The Hall–Kier alpha value is -1.08. The second-order valence-electron chi connectivity index (χ2n) is 6.38. The van der Waals surface area contributed by atoms with Crippen LogP contribution in [0.5, 0.6) is 0 Å². The molecule has 0 radical (unpaired) electrons. The van der Waals surface area contributed by atoms with E-state index in [0.717, 1.165) is 17.1 Å². The fourth-order valence-electron chi connectivity index (χ4n) is 3.15. The number of aryl methyl sites for hydroxylation is 1. The molecule has 1 atom stereocenters. The molecule has 22 heavy (non-hydrogen) atoms. The lowest BCUT2D eigenvalue weighted by Crippen LogP contribution is -2.62. The summed E-state index contributed by atoms with van der Waals surface area (Å²) in [7, 11) is 0. The number of likely N-dealkylation sites (tertiary alicyclic amines) is 1. The van der Waals surface area contributed by atoms with E-state index in [0.29, 0.717) is 19.4 Å². The fourth-order valence-corrected chi connectivity index (χ4v) is 4.07. The number of alkyl halides is 2.